The van der Waals surface area contributed by atoms with E-state index in [4.69, 9.17) is 9.90 Å². The summed E-state index contributed by atoms with van der Waals surface area (Å²) in [6, 6.07) is 9.30. The first kappa shape index (κ1) is 22.1. The van der Waals surface area contributed by atoms with Crippen LogP contribution in [0.3, 0.4) is 0 Å². The topological polar surface area (TPSA) is 85.4 Å². The van der Waals surface area contributed by atoms with E-state index in [0.29, 0.717) is 11.8 Å². The van der Waals surface area contributed by atoms with Crippen LogP contribution in [-0.4, -0.2) is 39.9 Å². The van der Waals surface area contributed by atoms with Gasteiger partial charge in [-0.3, -0.25) is 0 Å². The van der Waals surface area contributed by atoms with Gasteiger partial charge < -0.3 is 20.5 Å². The highest BCUT2D eigenvalue weighted by atomic mass is 19.4. The Morgan fingerprint density at radius 3 is 2.67 bits per heavy atom. The summed E-state index contributed by atoms with van der Waals surface area (Å²) in [6.07, 6.45) is 2.54. The summed E-state index contributed by atoms with van der Waals surface area (Å²) < 4.78 is 31.7. The van der Waals surface area contributed by atoms with Crippen LogP contribution >= 0.6 is 0 Å². The van der Waals surface area contributed by atoms with Gasteiger partial charge in [-0.15, -0.1) is 0 Å². The molecule has 6 rings (SSSR count). The van der Waals surface area contributed by atoms with Crippen LogP contribution in [0, 0.1) is 12.8 Å². The number of alkyl halides is 3. The summed E-state index contributed by atoms with van der Waals surface area (Å²) in [6.45, 7) is 3.27. The number of benzene rings is 2. The summed E-state index contributed by atoms with van der Waals surface area (Å²) in [5.74, 6) is -1.59. The number of carboxylic acid groups (broad SMARTS) is 1. The van der Waals surface area contributed by atoms with Crippen molar-refractivity contribution in [2.75, 3.05) is 6.54 Å². The number of halogens is 3. The minimum absolute atomic E-state index is 0.279. The fraction of sp³-hybridized carbons (Fsp3) is 0.480. The van der Waals surface area contributed by atoms with Crippen molar-refractivity contribution in [1.29, 1.82) is 0 Å². The Balaban J connectivity index is 0.000000287. The lowest BCUT2D eigenvalue weighted by atomic mass is 9.52. The molecule has 8 heteroatoms. The van der Waals surface area contributed by atoms with Crippen LogP contribution in [-0.2, 0) is 16.6 Å². The third kappa shape index (κ3) is 3.46. The first-order chi connectivity index (χ1) is 15.6. The molecule has 3 atom stereocenters. The first-order valence-corrected chi connectivity index (χ1v) is 11.4. The van der Waals surface area contributed by atoms with Gasteiger partial charge in [0.05, 0.1) is 5.52 Å². The zero-order valence-electron chi connectivity index (χ0n) is 18.4. The number of H-pyrrole nitrogens is 1. The Kier molecular flexibility index (Phi) is 5.12. The fourth-order valence-corrected chi connectivity index (χ4v) is 6.59. The number of aromatic amines is 1. The highest BCUT2D eigenvalue weighted by molar-refractivity contribution is 6.11. The molecule has 3 aliphatic rings. The molecule has 0 unspecified atom stereocenters. The van der Waals surface area contributed by atoms with Gasteiger partial charge in [-0.05, 0) is 74.4 Å². The summed E-state index contributed by atoms with van der Waals surface area (Å²) in [7, 11) is 0. The third-order valence-electron chi connectivity index (χ3n) is 7.88. The molecule has 1 aliphatic heterocycles. The Bertz CT molecular complexity index is 1250. The molecule has 33 heavy (non-hydrogen) atoms. The molecule has 2 aliphatic carbocycles. The highest BCUT2D eigenvalue weighted by Gasteiger charge is 2.52. The van der Waals surface area contributed by atoms with Gasteiger partial charge in [0.15, 0.2) is 0 Å². The molecule has 176 valence electrons. The van der Waals surface area contributed by atoms with E-state index in [1.54, 1.807) is 0 Å². The predicted molar refractivity (Wildman–Crippen MR) is 120 cm³/mol. The average Bonchev–Trinajstić information content (AvgIpc) is 3.14. The van der Waals surface area contributed by atoms with Gasteiger partial charge in [-0.1, -0.05) is 24.5 Å². The Morgan fingerprint density at radius 2 is 1.94 bits per heavy atom. The summed E-state index contributed by atoms with van der Waals surface area (Å²) in [4.78, 5) is 12.4. The number of aromatic nitrogens is 1. The van der Waals surface area contributed by atoms with Crippen molar-refractivity contribution in [3.63, 3.8) is 0 Å². The van der Waals surface area contributed by atoms with Crippen LogP contribution in [0.4, 0.5) is 13.2 Å². The van der Waals surface area contributed by atoms with Gasteiger partial charge in [0.25, 0.3) is 0 Å². The highest BCUT2D eigenvalue weighted by Crippen LogP contribution is 2.56. The number of carboxylic acids is 1. The van der Waals surface area contributed by atoms with Crippen molar-refractivity contribution in [3.8, 4) is 5.75 Å². The van der Waals surface area contributed by atoms with E-state index in [1.807, 2.05) is 0 Å². The van der Waals surface area contributed by atoms with E-state index in [1.165, 1.54) is 59.6 Å². The number of fused-ring (bicyclic) bond motifs is 5. The Morgan fingerprint density at radius 1 is 1.18 bits per heavy atom. The Hall–Kier alpha value is -2.74. The lowest BCUT2D eigenvalue weighted by Crippen LogP contribution is -2.59. The number of aromatic hydroxyl groups is 1. The number of piperidine rings is 1. The number of carbonyl (C=O) groups is 1. The molecule has 0 amide bonds. The number of hydrogen-bond acceptors (Lipinski definition) is 3. The van der Waals surface area contributed by atoms with E-state index in [9.17, 15) is 18.3 Å². The second-order valence-electron chi connectivity index (χ2n) is 9.67. The first-order valence-electron chi connectivity index (χ1n) is 11.4. The van der Waals surface area contributed by atoms with Crippen LogP contribution in [0.1, 0.15) is 48.8 Å². The van der Waals surface area contributed by atoms with Crippen molar-refractivity contribution < 1.29 is 28.2 Å². The van der Waals surface area contributed by atoms with Gasteiger partial charge in [-0.2, -0.15) is 13.2 Å². The van der Waals surface area contributed by atoms with Crippen LogP contribution in [0.15, 0.2) is 24.3 Å². The Labute approximate surface area is 189 Å². The van der Waals surface area contributed by atoms with E-state index >= 15 is 0 Å². The SMILES string of the molecule is Cc1ccc2[nH]c3c(O)cc4c(c3c2c1)C[C@@H]1NCC[C@]42CCCC[C@H]12.O=C(O)C(F)(F)F. The van der Waals surface area contributed by atoms with Crippen LogP contribution in [0.25, 0.3) is 21.8 Å². The van der Waals surface area contributed by atoms with E-state index in [2.05, 4.69) is 41.5 Å². The van der Waals surface area contributed by atoms with Crippen LogP contribution in [0.2, 0.25) is 0 Å². The van der Waals surface area contributed by atoms with E-state index < -0.39 is 12.1 Å². The predicted octanol–water partition coefficient (Wildman–Crippen LogP) is 5.31. The fourth-order valence-electron chi connectivity index (χ4n) is 6.59. The second-order valence-corrected chi connectivity index (χ2v) is 9.67. The molecule has 5 nitrogen and oxygen atoms in total. The molecule has 1 aromatic heterocycles. The molecular formula is C25H27F3N2O3. The minimum Gasteiger partial charge on any atom is -0.506 e. The number of aliphatic carboxylic acids is 1. The average molecular weight is 460 g/mol. The largest absolute Gasteiger partial charge is 0.506 e. The van der Waals surface area contributed by atoms with E-state index in [0.717, 1.165) is 29.9 Å². The third-order valence-corrected chi connectivity index (χ3v) is 7.88. The van der Waals surface area contributed by atoms with E-state index in [-0.39, 0.29) is 5.41 Å². The van der Waals surface area contributed by atoms with Gasteiger partial charge in [0, 0.05) is 27.7 Å². The lowest BCUT2D eigenvalue weighted by Gasteiger charge is -2.56. The number of aryl methyl sites for hydroxylation is 1. The van der Waals surface area contributed by atoms with Gasteiger partial charge in [0.2, 0.25) is 0 Å². The maximum Gasteiger partial charge on any atom is 0.490 e. The lowest BCUT2D eigenvalue weighted by molar-refractivity contribution is -0.192. The number of nitrogens with one attached hydrogen (secondary N) is 2. The minimum atomic E-state index is -5.08. The molecule has 0 radical (unpaired) electrons. The van der Waals surface area contributed by atoms with Gasteiger partial charge >= 0.3 is 12.1 Å². The summed E-state index contributed by atoms with van der Waals surface area (Å²) in [5, 5.41) is 24.5. The van der Waals surface area contributed by atoms with Crippen molar-refractivity contribution in [1.82, 2.24) is 10.3 Å². The molecular weight excluding hydrogens is 433 g/mol. The number of phenols is 1. The van der Waals surface area contributed by atoms with Crippen molar-refractivity contribution in [2.45, 2.75) is 63.1 Å². The summed E-state index contributed by atoms with van der Waals surface area (Å²) in [5.41, 5.74) is 6.57. The molecule has 4 N–H and O–H groups in total. The molecule has 0 spiro atoms. The molecule has 2 aromatic carbocycles. The monoisotopic (exact) mass is 460 g/mol. The number of phenolic OH excluding ortho intramolecular Hbond substituents is 1. The molecule has 1 saturated heterocycles. The molecule has 2 bridgehead atoms. The van der Waals surface area contributed by atoms with Crippen molar-refractivity contribution in [2.24, 2.45) is 5.92 Å². The normalized spacial score (nSPS) is 26.3. The molecule has 2 heterocycles. The van der Waals surface area contributed by atoms with Gasteiger partial charge in [-0.25, -0.2) is 4.79 Å². The standard InChI is InChI=1S/C23H26N2O.C2HF3O2/c1-13-5-6-18-15(10-13)21-14-11-19-16-4-2-3-7-23(16,8-9-24-19)17(14)12-20(26)22(21)25-18;3-2(4,5)1(6)7/h5-6,10,12,16,19,24-26H,2-4,7-9,11H2,1H3;(H,6,7)/t16-,19+,23+;/m1./s1. The van der Waals surface area contributed by atoms with Gasteiger partial charge in [0.1, 0.15) is 5.75 Å². The summed E-state index contributed by atoms with van der Waals surface area (Å²) >= 11 is 0. The maximum atomic E-state index is 10.9. The smallest absolute Gasteiger partial charge is 0.490 e. The molecule has 3 aromatic rings. The quantitative estimate of drug-likeness (QED) is 0.366. The van der Waals surface area contributed by atoms with Crippen LogP contribution in [0.5, 0.6) is 5.75 Å². The second kappa shape index (κ2) is 7.65. The molecule has 2 fully saturated rings. The zero-order chi connectivity index (χ0) is 23.5. The number of rotatable bonds is 0. The number of hydrogen-bond donors (Lipinski definition) is 4. The molecule has 1 saturated carbocycles. The van der Waals surface area contributed by atoms with Crippen LogP contribution < -0.4 is 5.32 Å². The maximum absolute atomic E-state index is 10.9. The van der Waals surface area contributed by atoms with Crippen molar-refractivity contribution in [3.05, 3.63) is 41.0 Å². The van der Waals surface area contributed by atoms with Crippen molar-refractivity contribution >= 4 is 27.8 Å². The zero-order valence-corrected chi connectivity index (χ0v) is 18.4.